The first-order valence-corrected chi connectivity index (χ1v) is 4.49. The van der Waals surface area contributed by atoms with Crippen LogP contribution in [0.1, 0.15) is 6.92 Å². The second-order valence-electron chi connectivity index (χ2n) is 2.17. The SMILES string of the molecule is C[C@H](OP(=O)(O)O)C(N)C(=O)O. The molecule has 0 fully saturated rings. The van der Waals surface area contributed by atoms with Gasteiger partial charge in [0.1, 0.15) is 6.04 Å². The average Bonchev–Trinajstić information content (AvgIpc) is 1.82. The number of aliphatic carboxylic acids is 1. The second kappa shape index (κ2) is 3.97. The fourth-order valence-electron chi connectivity index (χ4n) is 0.483. The van der Waals surface area contributed by atoms with Gasteiger partial charge in [0.15, 0.2) is 0 Å². The van der Waals surface area contributed by atoms with Crippen molar-refractivity contribution in [2.75, 3.05) is 0 Å². The largest absolute Gasteiger partial charge is 0.480 e. The molecule has 0 saturated heterocycles. The summed E-state index contributed by atoms with van der Waals surface area (Å²) in [5.41, 5.74) is 5.00. The van der Waals surface area contributed by atoms with Crippen molar-refractivity contribution in [3.63, 3.8) is 0 Å². The van der Waals surface area contributed by atoms with Crippen molar-refractivity contribution in [3.05, 3.63) is 0 Å². The highest BCUT2D eigenvalue weighted by Gasteiger charge is 2.27. The maximum Gasteiger partial charge on any atom is 0.469 e. The number of phosphoric ester groups is 1. The molecule has 72 valence electrons. The van der Waals surface area contributed by atoms with Crippen LogP contribution in [0.2, 0.25) is 0 Å². The molecule has 0 aromatic rings. The monoisotopic (exact) mass is 199 g/mol. The van der Waals surface area contributed by atoms with Gasteiger partial charge in [-0.1, -0.05) is 0 Å². The Labute approximate surface area is 68.4 Å². The summed E-state index contributed by atoms with van der Waals surface area (Å²) >= 11 is 0. The number of hydrogen-bond acceptors (Lipinski definition) is 4. The van der Waals surface area contributed by atoms with Gasteiger partial charge in [0.2, 0.25) is 0 Å². The van der Waals surface area contributed by atoms with Gasteiger partial charge in [-0.05, 0) is 6.92 Å². The predicted molar refractivity (Wildman–Crippen MR) is 38.2 cm³/mol. The molecule has 1 unspecified atom stereocenters. The molecule has 7 nitrogen and oxygen atoms in total. The minimum atomic E-state index is -4.66. The Hall–Kier alpha value is -0.460. The van der Waals surface area contributed by atoms with Crippen LogP contribution in [0.4, 0.5) is 0 Å². The van der Waals surface area contributed by atoms with Gasteiger partial charge >= 0.3 is 13.8 Å². The van der Waals surface area contributed by atoms with E-state index in [1.165, 1.54) is 0 Å². The molecule has 0 aliphatic heterocycles. The molecule has 0 saturated carbocycles. The van der Waals surface area contributed by atoms with E-state index >= 15 is 0 Å². The topological polar surface area (TPSA) is 130 Å². The van der Waals surface area contributed by atoms with Gasteiger partial charge in [-0.15, -0.1) is 0 Å². The molecule has 0 aromatic carbocycles. The van der Waals surface area contributed by atoms with Crippen LogP contribution in [0.25, 0.3) is 0 Å². The van der Waals surface area contributed by atoms with Gasteiger partial charge in [-0.2, -0.15) is 0 Å². The highest BCUT2D eigenvalue weighted by Crippen LogP contribution is 2.37. The lowest BCUT2D eigenvalue weighted by Crippen LogP contribution is -2.41. The third-order valence-electron chi connectivity index (χ3n) is 1.09. The molecule has 8 heteroatoms. The fraction of sp³-hybridized carbons (Fsp3) is 0.750. The van der Waals surface area contributed by atoms with Gasteiger partial charge in [-0.25, -0.2) is 4.57 Å². The summed E-state index contributed by atoms with van der Waals surface area (Å²) in [6.45, 7) is 1.16. The molecule has 0 rings (SSSR count). The summed E-state index contributed by atoms with van der Waals surface area (Å²) in [5, 5.41) is 8.29. The summed E-state index contributed by atoms with van der Waals surface area (Å²) in [6, 6.07) is -1.45. The molecule has 0 radical (unpaired) electrons. The van der Waals surface area contributed by atoms with E-state index in [0.29, 0.717) is 0 Å². The van der Waals surface area contributed by atoms with Crippen molar-refractivity contribution in [1.82, 2.24) is 0 Å². The summed E-state index contributed by atoms with van der Waals surface area (Å²) in [4.78, 5) is 26.7. The number of nitrogens with two attached hydrogens (primary N) is 1. The van der Waals surface area contributed by atoms with E-state index in [2.05, 4.69) is 4.52 Å². The lowest BCUT2D eigenvalue weighted by Gasteiger charge is -2.16. The van der Waals surface area contributed by atoms with Crippen LogP contribution in [0.15, 0.2) is 0 Å². The van der Waals surface area contributed by atoms with Crippen LogP contribution < -0.4 is 5.73 Å². The molecule has 5 N–H and O–H groups in total. The van der Waals surface area contributed by atoms with Crippen LogP contribution >= 0.6 is 7.82 Å². The Balaban J connectivity index is 4.13. The van der Waals surface area contributed by atoms with E-state index in [0.717, 1.165) is 6.92 Å². The number of carboxylic acid groups (broad SMARTS) is 1. The normalized spacial score (nSPS) is 17.0. The summed E-state index contributed by atoms with van der Waals surface area (Å²) < 4.78 is 14.2. The molecule has 0 aliphatic rings. The molecular formula is C4H10NO6P. The summed E-state index contributed by atoms with van der Waals surface area (Å²) in [7, 11) is -4.66. The third-order valence-corrected chi connectivity index (χ3v) is 1.70. The van der Waals surface area contributed by atoms with E-state index in [4.69, 9.17) is 20.6 Å². The van der Waals surface area contributed by atoms with Crippen molar-refractivity contribution in [2.45, 2.75) is 19.1 Å². The molecule has 0 heterocycles. The number of phosphoric acid groups is 1. The van der Waals surface area contributed by atoms with Crippen LogP contribution in [0, 0.1) is 0 Å². The molecular weight excluding hydrogens is 189 g/mol. The first-order chi connectivity index (χ1) is 5.24. The third kappa shape index (κ3) is 4.42. The number of carboxylic acids is 1. The van der Waals surface area contributed by atoms with Crippen molar-refractivity contribution < 1.29 is 28.8 Å². The van der Waals surface area contributed by atoms with E-state index in [1.807, 2.05) is 0 Å². The number of rotatable bonds is 4. The molecule has 0 aliphatic carbocycles. The van der Waals surface area contributed by atoms with E-state index < -0.39 is 25.9 Å². The molecule has 0 spiro atoms. The predicted octanol–water partition coefficient (Wildman–Crippen LogP) is -1.10. The molecule has 12 heavy (non-hydrogen) atoms. The lowest BCUT2D eigenvalue weighted by atomic mass is 10.2. The van der Waals surface area contributed by atoms with Crippen LogP contribution in [-0.2, 0) is 13.9 Å². The Morgan fingerprint density at radius 2 is 2.00 bits per heavy atom. The fourth-order valence-corrected chi connectivity index (χ4v) is 1.05. The van der Waals surface area contributed by atoms with Gasteiger partial charge < -0.3 is 20.6 Å². The quantitative estimate of drug-likeness (QED) is 0.422. The highest BCUT2D eigenvalue weighted by atomic mass is 31.2. The van der Waals surface area contributed by atoms with Crippen LogP contribution in [0.3, 0.4) is 0 Å². The van der Waals surface area contributed by atoms with Gasteiger partial charge in [0.05, 0.1) is 6.10 Å². The van der Waals surface area contributed by atoms with E-state index in [-0.39, 0.29) is 0 Å². The maximum absolute atomic E-state index is 10.2. The zero-order chi connectivity index (χ0) is 9.94. The minimum absolute atomic E-state index is 1.16. The van der Waals surface area contributed by atoms with Gasteiger partial charge in [0, 0.05) is 0 Å². The van der Waals surface area contributed by atoms with Crippen molar-refractivity contribution in [1.29, 1.82) is 0 Å². The lowest BCUT2D eigenvalue weighted by molar-refractivity contribution is -0.140. The van der Waals surface area contributed by atoms with Crippen LogP contribution in [-0.4, -0.2) is 33.0 Å². The minimum Gasteiger partial charge on any atom is -0.480 e. The molecule has 0 aromatic heterocycles. The maximum atomic E-state index is 10.2. The summed E-state index contributed by atoms with van der Waals surface area (Å²) in [5.74, 6) is -1.38. The Morgan fingerprint density at radius 3 is 2.25 bits per heavy atom. The van der Waals surface area contributed by atoms with Crippen molar-refractivity contribution in [2.24, 2.45) is 5.73 Å². The Morgan fingerprint density at radius 1 is 1.58 bits per heavy atom. The van der Waals surface area contributed by atoms with Crippen LogP contribution in [0.5, 0.6) is 0 Å². The standard InChI is InChI=1S/C4H10NO6P/c1-2(3(5)4(6)7)11-12(8,9)10/h2-3H,5H2,1H3,(H,6,7)(H2,8,9,10)/t2-,3?/m0/s1. The number of carbonyl (C=O) groups is 1. The zero-order valence-corrected chi connectivity index (χ0v) is 7.14. The Bertz CT molecular complexity index is 212. The van der Waals surface area contributed by atoms with E-state index in [9.17, 15) is 9.36 Å². The van der Waals surface area contributed by atoms with Crippen molar-refractivity contribution >= 4 is 13.8 Å². The highest BCUT2D eigenvalue weighted by molar-refractivity contribution is 7.46. The average molecular weight is 199 g/mol. The smallest absolute Gasteiger partial charge is 0.469 e. The summed E-state index contributed by atoms with van der Waals surface area (Å²) in [6.07, 6.45) is -1.23. The molecule has 0 amide bonds. The first kappa shape index (κ1) is 11.5. The number of hydrogen-bond donors (Lipinski definition) is 4. The second-order valence-corrected chi connectivity index (χ2v) is 3.36. The zero-order valence-electron chi connectivity index (χ0n) is 6.25. The first-order valence-electron chi connectivity index (χ1n) is 2.96. The van der Waals surface area contributed by atoms with E-state index in [1.54, 1.807) is 0 Å². The van der Waals surface area contributed by atoms with Crippen molar-refractivity contribution in [3.8, 4) is 0 Å². The molecule has 2 atom stereocenters. The van der Waals surface area contributed by atoms with Gasteiger partial charge in [0.25, 0.3) is 0 Å². The van der Waals surface area contributed by atoms with Gasteiger partial charge in [-0.3, -0.25) is 9.32 Å². The molecule has 0 bridgehead atoms. The Kier molecular flexibility index (Phi) is 3.82.